The van der Waals surface area contributed by atoms with E-state index in [1.54, 1.807) is 50.6 Å². The Balaban J connectivity index is 1.77. The molecular formula is C28H26BrNO6. The normalized spacial score (nSPS) is 16.8. The maximum Gasteiger partial charge on any atom is 0.295 e. The number of likely N-dealkylation sites (tertiary alicyclic amines) is 1. The second kappa shape index (κ2) is 10.9. The summed E-state index contributed by atoms with van der Waals surface area (Å²) in [6.45, 7) is 0.280. The third kappa shape index (κ3) is 4.95. The minimum Gasteiger partial charge on any atom is -0.507 e. The third-order valence-corrected chi connectivity index (χ3v) is 6.79. The maximum absolute atomic E-state index is 13.3. The van der Waals surface area contributed by atoms with Crippen molar-refractivity contribution in [1.82, 2.24) is 4.90 Å². The Morgan fingerprint density at radius 2 is 1.64 bits per heavy atom. The van der Waals surface area contributed by atoms with Gasteiger partial charge in [0.2, 0.25) is 0 Å². The van der Waals surface area contributed by atoms with Gasteiger partial charge in [0, 0.05) is 12.1 Å². The van der Waals surface area contributed by atoms with Gasteiger partial charge < -0.3 is 24.2 Å². The smallest absolute Gasteiger partial charge is 0.295 e. The van der Waals surface area contributed by atoms with Crippen molar-refractivity contribution < 1.29 is 28.9 Å². The first-order valence-electron chi connectivity index (χ1n) is 11.3. The number of carbonyl (C=O) groups is 2. The predicted octanol–water partition coefficient (Wildman–Crippen LogP) is 5.14. The van der Waals surface area contributed by atoms with Crippen LogP contribution < -0.4 is 14.2 Å². The summed E-state index contributed by atoms with van der Waals surface area (Å²) in [5, 5.41) is 11.3. The number of halogens is 1. The summed E-state index contributed by atoms with van der Waals surface area (Å²) < 4.78 is 16.5. The van der Waals surface area contributed by atoms with Crippen LogP contribution in [0.4, 0.5) is 0 Å². The lowest BCUT2D eigenvalue weighted by Crippen LogP contribution is -2.31. The van der Waals surface area contributed by atoms with Crippen LogP contribution in [-0.2, 0) is 16.0 Å². The largest absolute Gasteiger partial charge is 0.507 e. The molecule has 186 valence electrons. The SMILES string of the molecule is COc1ccc(CCN2C(=O)C(=O)/C(=C(\O)c3ccc(OC)c(Br)c3)C2c2cccc(OC)c2)cc1. The first-order chi connectivity index (χ1) is 17.4. The Hall–Kier alpha value is -3.78. The van der Waals surface area contributed by atoms with Crippen molar-refractivity contribution in [1.29, 1.82) is 0 Å². The van der Waals surface area contributed by atoms with Crippen molar-refractivity contribution in [2.45, 2.75) is 12.5 Å². The Morgan fingerprint density at radius 1 is 0.917 bits per heavy atom. The van der Waals surface area contributed by atoms with Gasteiger partial charge in [0.15, 0.2) is 0 Å². The Labute approximate surface area is 218 Å². The van der Waals surface area contributed by atoms with E-state index in [0.717, 1.165) is 11.3 Å². The minimum atomic E-state index is -0.778. The van der Waals surface area contributed by atoms with E-state index < -0.39 is 17.7 Å². The van der Waals surface area contributed by atoms with Crippen molar-refractivity contribution in [3.63, 3.8) is 0 Å². The number of amides is 1. The van der Waals surface area contributed by atoms with E-state index in [0.29, 0.717) is 33.5 Å². The monoisotopic (exact) mass is 551 g/mol. The molecule has 3 aromatic carbocycles. The van der Waals surface area contributed by atoms with E-state index in [4.69, 9.17) is 14.2 Å². The van der Waals surface area contributed by atoms with Crippen LogP contribution in [0.2, 0.25) is 0 Å². The van der Waals surface area contributed by atoms with Gasteiger partial charge in [-0.1, -0.05) is 24.3 Å². The van der Waals surface area contributed by atoms with Crippen LogP contribution in [0.25, 0.3) is 5.76 Å². The number of Topliss-reactive ketones (excluding diaryl/α,β-unsaturated/α-hetero) is 1. The maximum atomic E-state index is 13.3. The zero-order valence-electron chi connectivity index (χ0n) is 20.2. The molecule has 3 aromatic rings. The lowest BCUT2D eigenvalue weighted by Gasteiger charge is -2.25. The highest BCUT2D eigenvalue weighted by molar-refractivity contribution is 9.10. The molecule has 0 aromatic heterocycles. The molecule has 0 saturated carbocycles. The van der Waals surface area contributed by atoms with E-state index in [1.165, 1.54) is 12.0 Å². The molecule has 1 amide bonds. The minimum absolute atomic E-state index is 0.0278. The van der Waals surface area contributed by atoms with Gasteiger partial charge in [0.25, 0.3) is 11.7 Å². The molecular weight excluding hydrogens is 526 g/mol. The summed E-state index contributed by atoms with van der Waals surface area (Å²) in [7, 11) is 4.69. The zero-order valence-corrected chi connectivity index (χ0v) is 21.7. The van der Waals surface area contributed by atoms with Crippen LogP contribution in [0.3, 0.4) is 0 Å². The van der Waals surface area contributed by atoms with Crippen LogP contribution in [0.5, 0.6) is 17.2 Å². The molecule has 1 aliphatic heterocycles. The number of rotatable bonds is 8. The summed E-state index contributed by atoms with van der Waals surface area (Å²) in [6, 6.07) is 18.9. The van der Waals surface area contributed by atoms with E-state index in [9.17, 15) is 14.7 Å². The first-order valence-corrected chi connectivity index (χ1v) is 12.1. The Kier molecular flexibility index (Phi) is 7.64. The fourth-order valence-corrected chi connectivity index (χ4v) is 4.82. The molecule has 1 saturated heterocycles. The topological polar surface area (TPSA) is 85.3 Å². The predicted molar refractivity (Wildman–Crippen MR) is 139 cm³/mol. The van der Waals surface area contributed by atoms with Gasteiger partial charge in [0.05, 0.1) is 37.4 Å². The van der Waals surface area contributed by atoms with Crippen LogP contribution in [0, 0.1) is 0 Å². The number of aliphatic hydroxyl groups is 1. The highest BCUT2D eigenvalue weighted by Crippen LogP contribution is 2.41. The fourth-order valence-electron chi connectivity index (χ4n) is 4.28. The van der Waals surface area contributed by atoms with Crippen molar-refractivity contribution in [3.8, 4) is 17.2 Å². The highest BCUT2D eigenvalue weighted by atomic mass is 79.9. The summed E-state index contributed by atoms with van der Waals surface area (Å²) >= 11 is 3.42. The summed E-state index contributed by atoms with van der Waals surface area (Å²) in [4.78, 5) is 28.0. The lowest BCUT2D eigenvalue weighted by atomic mass is 9.95. The molecule has 1 heterocycles. The number of ketones is 1. The third-order valence-electron chi connectivity index (χ3n) is 6.18. The molecule has 1 aliphatic rings. The summed E-state index contributed by atoms with van der Waals surface area (Å²) in [5.74, 6) is 0.251. The highest BCUT2D eigenvalue weighted by Gasteiger charge is 2.46. The van der Waals surface area contributed by atoms with Crippen LogP contribution in [0.1, 0.15) is 22.7 Å². The van der Waals surface area contributed by atoms with Gasteiger partial charge in [-0.25, -0.2) is 0 Å². The van der Waals surface area contributed by atoms with Crippen molar-refractivity contribution in [2.75, 3.05) is 27.9 Å². The molecule has 0 aliphatic carbocycles. The standard InChI is InChI=1S/C28H26BrNO6/c1-34-20-10-7-17(8-11-20)13-14-30-25(18-5-4-6-21(15-18)35-2)24(27(32)28(30)33)26(31)19-9-12-23(36-3)22(29)16-19/h4-12,15-16,25,31H,13-14H2,1-3H3/b26-24-. The quantitative estimate of drug-likeness (QED) is 0.237. The number of aliphatic hydroxyl groups excluding tert-OH is 1. The number of hydrogen-bond donors (Lipinski definition) is 1. The second-order valence-corrected chi connectivity index (χ2v) is 9.07. The van der Waals surface area contributed by atoms with Gasteiger partial charge in [-0.05, 0) is 75.9 Å². The summed E-state index contributed by atoms with van der Waals surface area (Å²) in [6.07, 6.45) is 0.519. The van der Waals surface area contributed by atoms with Crippen molar-refractivity contribution in [3.05, 3.63) is 93.5 Å². The van der Waals surface area contributed by atoms with Crippen LogP contribution >= 0.6 is 15.9 Å². The number of ether oxygens (including phenoxy) is 3. The lowest BCUT2D eigenvalue weighted by molar-refractivity contribution is -0.139. The van der Waals surface area contributed by atoms with Gasteiger partial charge in [-0.2, -0.15) is 0 Å². The molecule has 1 fully saturated rings. The van der Waals surface area contributed by atoms with Crippen LogP contribution in [-0.4, -0.2) is 49.6 Å². The molecule has 8 heteroatoms. The average Bonchev–Trinajstić information content (AvgIpc) is 3.16. The molecule has 36 heavy (non-hydrogen) atoms. The fraction of sp³-hybridized carbons (Fsp3) is 0.214. The molecule has 0 spiro atoms. The van der Waals surface area contributed by atoms with Gasteiger partial charge in [-0.15, -0.1) is 0 Å². The van der Waals surface area contributed by atoms with E-state index in [1.807, 2.05) is 30.3 Å². The van der Waals surface area contributed by atoms with E-state index in [-0.39, 0.29) is 17.9 Å². The number of benzene rings is 3. The number of methoxy groups -OCH3 is 3. The summed E-state index contributed by atoms with van der Waals surface area (Å²) in [5.41, 5.74) is 2.07. The molecule has 0 bridgehead atoms. The molecule has 1 unspecified atom stereocenters. The van der Waals surface area contributed by atoms with Gasteiger partial charge >= 0.3 is 0 Å². The van der Waals surface area contributed by atoms with Gasteiger partial charge in [0.1, 0.15) is 23.0 Å². The number of nitrogens with zero attached hydrogens (tertiary/aromatic N) is 1. The van der Waals surface area contributed by atoms with Gasteiger partial charge in [-0.3, -0.25) is 9.59 Å². The number of hydrogen-bond acceptors (Lipinski definition) is 6. The molecule has 1 atom stereocenters. The van der Waals surface area contributed by atoms with E-state index >= 15 is 0 Å². The van der Waals surface area contributed by atoms with Crippen molar-refractivity contribution in [2.24, 2.45) is 0 Å². The van der Waals surface area contributed by atoms with Crippen molar-refractivity contribution >= 4 is 33.4 Å². The average molecular weight is 552 g/mol. The zero-order chi connectivity index (χ0) is 25.8. The Bertz CT molecular complexity index is 1320. The molecule has 7 nitrogen and oxygen atoms in total. The van der Waals surface area contributed by atoms with Crippen LogP contribution in [0.15, 0.2) is 76.8 Å². The second-order valence-electron chi connectivity index (χ2n) is 8.22. The molecule has 0 radical (unpaired) electrons. The molecule has 4 rings (SSSR count). The molecule has 1 N–H and O–H groups in total. The Morgan fingerprint density at radius 3 is 2.28 bits per heavy atom. The van der Waals surface area contributed by atoms with E-state index in [2.05, 4.69) is 15.9 Å². The first kappa shape index (κ1) is 25.3. The number of carbonyl (C=O) groups excluding carboxylic acids is 2.